The normalized spacial score (nSPS) is 12.4. The highest BCUT2D eigenvalue weighted by molar-refractivity contribution is 6.00. The van der Waals surface area contributed by atoms with Crippen molar-refractivity contribution in [3.63, 3.8) is 0 Å². The van der Waals surface area contributed by atoms with E-state index in [-0.39, 0.29) is 12.4 Å². The highest BCUT2D eigenvalue weighted by Gasteiger charge is 2.10. The Labute approximate surface area is 162 Å². The second kappa shape index (κ2) is 8.96. The highest BCUT2D eigenvalue weighted by Crippen LogP contribution is 2.23. The van der Waals surface area contributed by atoms with E-state index in [1.807, 2.05) is 36.4 Å². The number of rotatable bonds is 8. The van der Waals surface area contributed by atoms with Gasteiger partial charge < -0.3 is 4.74 Å². The van der Waals surface area contributed by atoms with Gasteiger partial charge in [0.25, 0.3) is 0 Å². The molecule has 3 rings (SSSR count). The van der Waals surface area contributed by atoms with E-state index >= 15 is 0 Å². The molecule has 0 saturated carbocycles. The van der Waals surface area contributed by atoms with E-state index < -0.39 is 0 Å². The zero-order chi connectivity index (χ0) is 19.2. The summed E-state index contributed by atoms with van der Waals surface area (Å²) in [6.45, 7) is 7.37. The average molecular weight is 360 g/mol. The summed E-state index contributed by atoms with van der Waals surface area (Å²) in [6, 6.07) is 22.7. The van der Waals surface area contributed by atoms with Crippen LogP contribution in [0.4, 0.5) is 0 Å². The van der Waals surface area contributed by atoms with Crippen molar-refractivity contribution in [1.29, 1.82) is 0 Å². The fourth-order valence-corrected chi connectivity index (χ4v) is 3.26. The zero-order valence-electron chi connectivity index (χ0n) is 16.4. The Balaban J connectivity index is 1.50. The molecule has 2 nitrogen and oxygen atoms in total. The van der Waals surface area contributed by atoms with Gasteiger partial charge in [0.15, 0.2) is 5.78 Å². The van der Waals surface area contributed by atoms with E-state index in [1.54, 1.807) is 0 Å². The topological polar surface area (TPSA) is 26.3 Å². The number of ether oxygens (including phenoxy) is 1. The first-order valence-electron chi connectivity index (χ1n) is 9.74. The van der Waals surface area contributed by atoms with Crippen molar-refractivity contribution >= 4 is 16.6 Å². The van der Waals surface area contributed by atoms with Crippen LogP contribution in [-0.2, 0) is 4.74 Å². The summed E-state index contributed by atoms with van der Waals surface area (Å²) in [5.41, 5.74) is 3.42. The van der Waals surface area contributed by atoms with Gasteiger partial charge in [-0.25, -0.2) is 0 Å². The molecule has 0 heterocycles. The number of fused-ring (bicyclic) bond motifs is 1. The zero-order valence-corrected chi connectivity index (χ0v) is 16.4. The van der Waals surface area contributed by atoms with Gasteiger partial charge in [0.05, 0.1) is 0 Å². The van der Waals surface area contributed by atoms with Gasteiger partial charge in [0.1, 0.15) is 6.61 Å². The van der Waals surface area contributed by atoms with Crippen LogP contribution in [0.1, 0.15) is 60.5 Å². The smallest absolute Gasteiger partial charge is 0.188 e. The van der Waals surface area contributed by atoms with Crippen LogP contribution in [0.25, 0.3) is 10.8 Å². The minimum atomic E-state index is 0.0372. The van der Waals surface area contributed by atoms with Gasteiger partial charge in [-0.1, -0.05) is 81.4 Å². The Morgan fingerprint density at radius 2 is 1.59 bits per heavy atom. The van der Waals surface area contributed by atoms with Crippen molar-refractivity contribution in [2.45, 2.75) is 39.0 Å². The monoisotopic (exact) mass is 360 g/mol. The molecule has 0 N–H and O–H groups in total. The summed E-state index contributed by atoms with van der Waals surface area (Å²) in [5.74, 6) is 0.989. The minimum Gasteiger partial charge on any atom is -0.373 e. The van der Waals surface area contributed by atoms with E-state index in [2.05, 4.69) is 51.1 Å². The molecule has 0 bridgehead atoms. The summed E-state index contributed by atoms with van der Waals surface area (Å²) >= 11 is 0. The summed E-state index contributed by atoms with van der Waals surface area (Å²) in [7, 11) is 0. The maximum atomic E-state index is 12.4. The molecule has 0 radical (unpaired) electrons. The lowest BCUT2D eigenvalue weighted by molar-refractivity contribution is 0.0748. The van der Waals surface area contributed by atoms with Gasteiger partial charge in [-0.15, -0.1) is 0 Å². The van der Waals surface area contributed by atoms with E-state index in [1.165, 1.54) is 11.1 Å². The second-order valence-electron chi connectivity index (χ2n) is 7.55. The van der Waals surface area contributed by atoms with Crippen LogP contribution >= 0.6 is 0 Å². The highest BCUT2D eigenvalue weighted by atomic mass is 16.5. The fourth-order valence-electron chi connectivity index (χ4n) is 3.26. The Kier molecular flexibility index (Phi) is 6.41. The molecule has 3 aromatic carbocycles. The quantitative estimate of drug-likeness (QED) is 0.345. The summed E-state index contributed by atoms with van der Waals surface area (Å²) in [6.07, 6.45) is 0.909. The predicted octanol–water partition coefficient (Wildman–Crippen LogP) is 6.36. The van der Waals surface area contributed by atoms with Crippen molar-refractivity contribution in [3.8, 4) is 0 Å². The van der Waals surface area contributed by atoms with Gasteiger partial charge in [0, 0.05) is 12.2 Å². The molecule has 3 aromatic rings. The molecule has 0 aliphatic heterocycles. The SMILES string of the molecule is CC(C)c1cccc(C(C)CCOCC(=O)c2ccc3ccccc3c2)c1. The van der Waals surface area contributed by atoms with E-state index in [4.69, 9.17) is 4.74 Å². The third kappa shape index (κ3) is 5.05. The molecular formula is C25H28O2. The number of hydrogen-bond donors (Lipinski definition) is 0. The Morgan fingerprint density at radius 1 is 0.852 bits per heavy atom. The van der Waals surface area contributed by atoms with Gasteiger partial charge in [0.2, 0.25) is 0 Å². The molecule has 0 saturated heterocycles. The number of ketones is 1. The molecule has 2 heteroatoms. The van der Waals surface area contributed by atoms with Crippen LogP contribution in [0.2, 0.25) is 0 Å². The van der Waals surface area contributed by atoms with Gasteiger partial charge >= 0.3 is 0 Å². The van der Waals surface area contributed by atoms with Crippen molar-refractivity contribution in [3.05, 3.63) is 83.4 Å². The van der Waals surface area contributed by atoms with E-state index in [9.17, 15) is 4.79 Å². The Hall–Kier alpha value is -2.45. The third-order valence-corrected chi connectivity index (χ3v) is 5.15. The molecule has 140 valence electrons. The molecule has 0 spiro atoms. The standard InChI is InChI=1S/C25H28O2/c1-18(2)21-9-6-10-22(15-21)19(3)13-14-27-17-25(26)24-12-11-20-7-4-5-8-23(20)16-24/h4-12,15-16,18-19H,13-14,17H2,1-3H3. The maximum absolute atomic E-state index is 12.4. The number of Topliss-reactive ketones (excluding diaryl/α,β-unsaturated/α-hetero) is 1. The molecule has 1 unspecified atom stereocenters. The molecule has 27 heavy (non-hydrogen) atoms. The lowest BCUT2D eigenvalue weighted by Crippen LogP contribution is -2.11. The van der Waals surface area contributed by atoms with Crippen molar-refractivity contribution < 1.29 is 9.53 Å². The van der Waals surface area contributed by atoms with Crippen molar-refractivity contribution in [2.75, 3.05) is 13.2 Å². The van der Waals surface area contributed by atoms with E-state index in [0.29, 0.717) is 24.0 Å². The summed E-state index contributed by atoms with van der Waals surface area (Å²) in [5, 5.41) is 2.23. The lowest BCUT2D eigenvalue weighted by Gasteiger charge is -2.14. The van der Waals surface area contributed by atoms with Crippen LogP contribution in [0.15, 0.2) is 66.7 Å². The lowest BCUT2D eigenvalue weighted by atomic mass is 9.93. The molecule has 0 aliphatic rings. The molecule has 1 atom stereocenters. The molecular weight excluding hydrogens is 332 g/mol. The first-order valence-corrected chi connectivity index (χ1v) is 9.74. The Morgan fingerprint density at radius 3 is 2.37 bits per heavy atom. The number of carbonyl (C=O) groups excluding carboxylic acids is 1. The van der Waals surface area contributed by atoms with Gasteiger partial charge in [-0.2, -0.15) is 0 Å². The van der Waals surface area contributed by atoms with Gasteiger partial charge in [-0.05, 0) is 46.2 Å². The predicted molar refractivity (Wildman–Crippen MR) is 113 cm³/mol. The van der Waals surface area contributed by atoms with Crippen LogP contribution < -0.4 is 0 Å². The number of benzene rings is 3. The number of hydrogen-bond acceptors (Lipinski definition) is 2. The van der Waals surface area contributed by atoms with Crippen LogP contribution in [0.5, 0.6) is 0 Å². The first kappa shape index (κ1) is 19.3. The summed E-state index contributed by atoms with van der Waals surface area (Å²) < 4.78 is 5.68. The molecule has 0 aliphatic carbocycles. The maximum Gasteiger partial charge on any atom is 0.188 e. The largest absolute Gasteiger partial charge is 0.373 e. The van der Waals surface area contributed by atoms with Crippen molar-refractivity contribution in [1.82, 2.24) is 0 Å². The third-order valence-electron chi connectivity index (χ3n) is 5.15. The average Bonchev–Trinajstić information content (AvgIpc) is 2.70. The van der Waals surface area contributed by atoms with E-state index in [0.717, 1.165) is 17.2 Å². The van der Waals surface area contributed by atoms with Crippen LogP contribution in [-0.4, -0.2) is 19.0 Å². The molecule has 0 fully saturated rings. The Bertz CT molecular complexity index is 911. The van der Waals surface area contributed by atoms with Crippen LogP contribution in [0.3, 0.4) is 0 Å². The minimum absolute atomic E-state index is 0.0372. The van der Waals surface area contributed by atoms with Gasteiger partial charge in [-0.3, -0.25) is 4.79 Å². The molecule has 0 aromatic heterocycles. The second-order valence-corrected chi connectivity index (χ2v) is 7.55. The fraction of sp³-hybridized carbons (Fsp3) is 0.320. The number of carbonyl (C=O) groups is 1. The summed E-state index contributed by atoms with van der Waals surface area (Å²) in [4.78, 5) is 12.4. The molecule has 0 amide bonds. The first-order chi connectivity index (χ1) is 13.0. The van der Waals surface area contributed by atoms with Crippen LogP contribution in [0, 0.1) is 0 Å². The van der Waals surface area contributed by atoms with Crippen molar-refractivity contribution in [2.24, 2.45) is 0 Å².